The maximum Gasteiger partial charge on any atom is 0.191 e. The van der Waals surface area contributed by atoms with Crippen LogP contribution >= 0.6 is 24.0 Å². The van der Waals surface area contributed by atoms with Gasteiger partial charge in [0.15, 0.2) is 5.96 Å². The van der Waals surface area contributed by atoms with Crippen molar-refractivity contribution >= 4 is 35.6 Å². The molecule has 0 radical (unpaired) electrons. The number of anilines is 1. The quantitative estimate of drug-likeness (QED) is 0.369. The van der Waals surface area contributed by atoms with Gasteiger partial charge >= 0.3 is 0 Å². The number of hydrogen-bond acceptors (Lipinski definition) is 3. The summed E-state index contributed by atoms with van der Waals surface area (Å²) >= 11 is 0. The van der Waals surface area contributed by atoms with Gasteiger partial charge in [-0.2, -0.15) is 0 Å². The summed E-state index contributed by atoms with van der Waals surface area (Å²) < 4.78 is 0. The van der Waals surface area contributed by atoms with E-state index in [4.69, 9.17) is 0 Å². The van der Waals surface area contributed by atoms with Gasteiger partial charge in [0.1, 0.15) is 0 Å². The van der Waals surface area contributed by atoms with Crippen molar-refractivity contribution in [2.75, 3.05) is 51.2 Å². The maximum absolute atomic E-state index is 4.43. The van der Waals surface area contributed by atoms with Gasteiger partial charge in [0, 0.05) is 45.0 Å². The van der Waals surface area contributed by atoms with Crippen LogP contribution in [-0.2, 0) is 0 Å². The summed E-state index contributed by atoms with van der Waals surface area (Å²) in [6.07, 6.45) is 3.88. The molecule has 0 spiro atoms. The van der Waals surface area contributed by atoms with Gasteiger partial charge in [0.2, 0.25) is 0 Å². The van der Waals surface area contributed by atoms with E-state index in [9.17, 15) is 0 Å². The topological polar surface area (TPSA) is 42.9 Å². The first-order valence-corrected chi connectivity index (χ1v) is 10.1. The number of aryl methyl sites for hydroxylation is 1. The summed E-state index contributed by atoms with van der Waals surface area (Å²) in [6.45, 7) is 11.3. The fourth-order valence-electron chi connectivity index (χ4n) is 4.00. The fraction of sp³-hybridized carbons (Fsp3) is 0.667. The standard InChI is InChI=1S/C21H35N5.HI/c1-17-6-8-20(9-7-17)26-13-10-19(16-26)24-21(22-3)23-14-18(2)15-25-11-4-5-12-25;/h6-9,18-19H,4-5,10-16H2,1-3H3,(H2,22,23,24);1H. The molecule has 2 aliphatic heterocycles. The minimum Gasteiger partial charge on any atom is -0.369 e. The number of guanidine groups is 1. The Morgan fingerprint density at radius 2 is 1.89 bits per heavy atom. The molecule has 0 aromatic heterocycles. The van der Waals surface area contributed by atoms with E-state index in [0.717, 1.165) is 32.0 Å². The fourth-order valence-corrected chi connectivity index (χ4v) is 4.00. The van der Waals surface area contributed by atoms with E-state index in [2.05, 4.69) is 63.5 Å². The largest absolute Gasteiger partial charge is 0.369 e. The lowest BCUT2D eigenvalue weighted by molar-refractivity contribution is 0.287. The molecule has 2 fully saturated rings. The van der Waals surface area contributed by atoms with Crippen LogP contribution in [0.3, 0.4) is 0 Å². The van der Waals surface area contributed by atoms with Crippen LogP contribution in [0.25, 0.3) is 0 Å². The van der Waals surface area contributed by atoms with E-state index in [1.54, 1.807) is 0 Å². The highest BCUT2D eigenvalue weighted by molar-refractivity contribution is 14.0. The van der Waals surface area contributed by atoms with Crippen LogP contribution in [0.4, 0.5) is 5.69 Å². The lowest BCUT2D eigenvalue weighted by Gasteiger charge is -2.23. The van der Waals surface area contributed by atoms with Gasteiger partial charge in [-0.3, -0.25) is 4.99 Å². The predicted molar refractivity (Wildman–Crippen MR) is 127 cm³/mol. The SMILES string of the molecule is CN=C(NCC(C)CN1CCCC1)NC1CCN(c2ccc(C)cc2)C1.I. The van der Waals surface area contributed by atoms with Crippen LogP contribution in [-0.4, -0.2) is 63.2 Å². The Morgan fingerprint density at radius 3 is 2.56 bits per heavy atom. The minimum absolute atomic E-state index is 0. The Labute approximate surface area is 182 Å². The van der Waals surface area contributed by atoms with Crippen LogP contribution in [0.5, 0.6) is 0 Å². The van der Waals surface area contributed by atoms with Crippen molar-refractivity contribution in [1.29, 1.82) is 0 Å². The van der Waals surface area contributed by atoms with Crippen LogP contribution in [0.1, 0.15) is 31.7 Å². The van der Waals surface area contributed by atoms with Gasteiger partial charge in [-0.1, -0.05) is 24.6 Å². The zero-order chi connectivity index (χ0) is 18.4. The van der Waals surface area contributed by atoms with E-state index >= 15 is 0 Å². The molecule has 2 unspecified atom stereocenters. The third-order valence-corrected chi connectivity index (χ3v) is 5.54. The Balaban J connectivity index is 0.00000261. The molecular weight excluding hydrogens is 449 g/mol. The van der Waals surface area contributed by atoms with E-state index in [1.165, 1.54) is 43.7 Å². The normalized spacial score (nSPS) is 21.8. The van der Waals surface area contributed by atoms with Gasteiger partial charge in [0.05, 0.1) is 0 Å². The second-order valence-corrected chi connectivity index (χ2v) is 7.98. The zero-order valence-electron chi connectivity index (χ0n) is 17.1. The predicted octanol–water partition coefficient (Wildman–Crippen LogP) is 3.09. The second kappa shape index (κ2) is 11.1. The van der Waals surface area contributed by atoms with Gasteiger partial charge in [-0.25, -0.2) is 0 Å². The highest BCUT2D eigenvalue weighted by atomic mass is 127. The third kappa shape index (κ3) is 6.82. The Hall–Kier alpha value is -1.02. The molecule has 27 heavy (non-hydrogen) atoms. The molecule has 3 rings (SSSR count). The molecule has 2 saturated heterocycles. The number of halogens is 1. The average molecular weight is 485 g/mol. The Bertz CT molecular complexity index is 583. The number of hydrogen-bond donors (Lipinski definition) is 2. The van der Waals surface area contributed by atoms with E-state index < -0.39 is 0 Å². The van der Waals surface area contributed by atoms with Crippen molar-refractivity contribution in [2.24, 2.45) is 10.9 Å². The first-order valence-electron chi connectivity index (χ1n) is 10.1. The molecule has 152 valence electrons. The van der Waals surface area contributed by atoms with Crippen molar-refractivity contribution < 1.29 is 0 Å². The smallest absolute Gasteiger partial charge is 0.191 e. The first-order chi connectivity index (χ1) is 12.6. The van der Waals surface area contributed by atoms with Crippen molar-refractivity contribution in [3.63, 3.8) is 0 Å². The number of rotatable bonds is 6. The lowest BCUT2D eigenvalue weighted by atomic mass is 10.1. The monoisotopic (exact) mass is 485 g/mol. The molecule has 5 nitrogen and oxygen atoms in total. The average Bonchev–Trinajstić information content (AvgIpc) is 3.31. The number of likely N-dealkylation sites (tertiary alicyclic amines) is 1. The van der Waals surface area contributed by atoms with Crippen molar-refractivity contribution in [3.8, 4) is 0 Å². The van der Waals surface area contributed by atoms with Crippen molar-refractivity contribution in [3.05, 3.63) is 29.8 Å². The second-order valence-electron chi connectivity index (χ2n) is 7.98. The lowest BCUT2D eigenvalue weighted by Crippen LogP contribution is -2.46. The van der Waals surface area contributed by atoms with Crippen LogP contribution in [0.2, 0.25) is 0 Å². The van der Waals surface area contributed by atoms with E-state index in [-0.39, 0.29) is 24.0 Å². The van der Waals surface area contributed by atoms with Crippen LogP contribution < -0.4 is 15.5 Å². The Kier molecular flexibility index (Phi) is 9.15. The molecule has 2 aliphatic rings. The van der Waals surface area contributed by atoms with Crippen molar-refractivity contribution in [2.45, 2.75) is 39.2 Å². The summed E-state index contributed by atoms with van der Waals surface area (Å²) in [5.41, 5.74) is 2.64. The summed E-state index contributed by atoms with van der Waals surface area (Å²) in [5, 5.41) is 7.14. The summed E-state index contributed by atoms with van der Waals surface area (Å²) in [5.74, 6) is 1.58. The number of benzene rings is 1. The molecule has 2 N–H and O–H groups in total. The molecule has 2 heterocycles. The number of nitrogens with one attached hydrogen (secondary N) is 2. The van der Waals surface area contributed by atoms with Gasteiger partial charge in [-0.15, -0.1) is 24.0 Å². The summed E-state index contributed by atoms with van der Waals surface area (Å²) in [4.78, 5) is 9.47. The molecule has 0 amide bonds. The summed E-state index contributed by atoms with van der Waals surface area (Å²) in [7, 11) is 1.87. The van der Waals surface area contributed by atoms with Gasteiger partial charge < -0.3 is 20.4 Å². The Morgan fingerprint density at radius 1 is 1.19 bits per heavy atom. The highest BCUT2D eigenvalue weighted by Gasteiger charge is 2.23. The van der Waals surface area contributed by atoms with Crippen LogP contribution in [0, 0.1) is 12.8 Å². The van der Waals surface area contributed by atoms with Gasteiger partial charge in [-0.05, 0) is 57.3 Å². The van der Waals surface area contributed by atoms with E-state index in [1.807, 2.05) is 7.05 Å². The zero-order valence-corrected chi connectivity index (χ0v) is 19.4. The molecule has 2 atom stereocenters. The first kappa shape index (κ1) is 22.3. The van der Waals surface area contributed by atoms with E-state index in [0.29, 0.717) is 12.0 Å². The molecule has 1 aromatic carbocycles. The summed E-state index contributed by atoms with van der Waals surface area (Å²) in [6, 6.07) is 9.29. The molecule has 0 bridgehead atoms. The molecule has 1 aromatic rings. The third-order valence-electron chi connectivity index (χ3n) is 5.54. The molecule has 0 saturated carbocycles. The van der Waals surface area contributed by atoms with Gasteiger partial charge in [0.25, 0.3) is 0 Å². The molecular formula is C21H36IN5. The van der Waals surface area contributed by atoms with Crippen molar-refractivity contribution in [1.82, 2.24) is 15.5 Å². The number of nitrogens with zero attached hydrogens (tertiary/aromatic N) is 3. The maximum atomic E-state index is 4.43. The van der Waals surface area contributed by atoms with Crippen LogP contribution in [0.15, 0.2) is 29.3 Å². The highest BCUT2D eigenvalue weighted by Crippen LogP contribution is 2.20. The molecule has 6 heteroatoms. The molecule has 0 aliphatic carbocycles. The minimum atomic E-state index is 0. The number of aliphatic imine (C=N–C) groups is 1.